The average Bonchev–Trinajstić information content (AvgIpc) is 2.61. The van der Waals surface area contributed by atoms with Crippen molar-refractivity contribution in [2.45, 2.75) is 20.5 Å². The van der Waals surface area contributed by atoms with Crippen LogP contribution in [-0.4, -0.2) is 20.9 Å². The molecule has 1 aromatic heterocycles. The summed E-state index contributed by atoms with van der Waals surface area (Å²) >= 11 is 3.48. The van der Waals surface area contributed by atoms with Crippen molar-refractivity contribution in [3.63, 3.8) is 0 Å². The van der Waals surface area contributed by atoms with E-state index >= 15 is 0 Å². The molecule has 0 aliphatic heterocycles. The molecule has 0 unspecified atom stereocenters. The average molecular weight is 339 g/mol. The molecule has 1 aromatic carbocycles. The van der Waals surface area contributed by atoms with Crippen molar-refractivity contribution in [1.82, 2.24) is 9.78 Å². The Morgan fingerprint density at radius 2 is 2.15 bits per heavy atom. The number of carboxylic acid groups (broad SMARTS) is 1. The fraction of sp³-hybridized carbons (Fsp3) is 0.286. The van der Waals surface area contributed by atoms with Gasteiger partial charge in [0.05, 0.1) is 21.4 Å². The standard InChI is InChI=1S/C14H15BrN2O3/c1-8-6-10(4-5-11(8)14(18)19)20-7-12-13(15)9(2)16-17(12)3/h4-6H,7H2,1-3H3,(H,18,19). The van der Waals surface area contributed by atoms with E-state index in [0.29, 0.717) is 17.9 Å². The van der Waals surface area contributed by atoms with Gasteiger partial charge in [-0.25, -0.2) is 4.79 Å². The van der Waals surface area contributed by atoms with Crippen molar-refractivity contribution in [3.05, 3.63) is 45.2 Å². The van der Waals surface area contributed by atoms with Crippen LogP contribution in [0.1, 0.15) is 27.3 Å². The molecule has 6 heteroatoms. The molecule has 0 saturated heterocycles. The third-order valence-electron chi connectivity index (χ3n) is 3.07. The van der Waals surface area contributed by atoms with Gasteiger partial charge in [0, 0.05) is 7.05 Å². The molecule has 0 radical (unpaired) electrons. The van der Waals surface area contributed by atoms with Crippen LogP contribution >= 0.6 is 15.9 Å². The first kappa shape index (κ1) is 14.6. The minimum Gasteiger partial charge on any atom is -0.487 e. The van der Waals surface area contributed by atoms with Gasteiger partial charge in [-0.05, 0) is 53.5 Å². The molecular weight excluding hydrogens is 324 g/mol. The first-order valence-corrected chi connectivity index (χ1v) is 6.84. The zero-order chi connectivity index (χ0) is 14.9. The van der Waals surface area contributed by atoms with E-state index in [1.165, 1.54) is 0 Å². The Morgan fingerprint density at radius 1 is 1.45 bits per heavy atom. The second kappa shape index (κ2) is 5.66. The van der Waals surface area contributed by atoms with Gasteiger partial charge in [0.2, 0.25) is 0 Å². The quantitative estimate of drug-likeness (QED) is 0.930. The van der Waals surface area contributed by atoms with E-state index < -0.39 is 5.97 Å². The van der Waals surface area contributed by atoms with Crippen LogP contribution in [0.15, 0.2) is 22.7 Å². The van der Waals surface area contributed by atoms with Gasteiger partial charge in [-0.2, -0.15) is 5.10 Å². The molecule has 0 aliphatic rings. The molecule has 20 heavy (non-hydrogen) atoms. The van der Waals surface area contributed by atoms with E-state index in [0.717, 1.165) is 15.9 Å². The van der Waals surface area contributed by atoms with Gasteiger partial charge in [-0.1, -0.05) is 0 Å². The summed E-state index contributed by atoms with van der Waals surface area (Å²) in [4.78, 5) is 10.9. The van der Waals surface area contributed by atoms with Gasteiger partial charge in [-0.3, -0.25) is 4.68 Å². The lowest BCUT2D eigenvalue weighted by Crippen LogP contribution is -2.05. The fourth-order valence-electron chi connectivity index (χ4n) is 1.95. The van der Waals surface area contributed by atoms with Crippen molar-refractivity contribution in [1.29, 1.82) is 0 Å². The van der Waals surface area contributed by atoms with Crippen molar-refractivity contribution in [2.75, 3.05) is 0 Å². The monoisotopic (exact) mass is 338 g/mol. The molecule has 0 saturated carbocycles. The Balaban J connectivity index is 2.15. The van der Waals surface area contributed by atoms with Gasteiger partial charge < -0.3 is 9.84 Å². The Kier molecular flexibility index (Phi) is 4.13. The van der Waals surface area contributed by atoms with E-state index in [4.69, 9.17) is 9.84 Å². The summed E-state index contributed by atoms with van der Waals surface area (Å²) in [5.74, 6) is -0.294. The minimum absolute atomic E-state index is 0.287. The molecule has 2 rings (SSSR count). The lowest BCUT2D eigenvalue weighted by atomic mass is 10.1. The minimum atomic E-state index is -0.931. The zero-order valence-electron chi connectivity index (χ0n) is 11.5. The van der Waals surface area contributed by atoms with E-state index in [9.17, 15) is 4.79 Å². The van der Waals surface area contributed by atoms with Crippen LogP contribution in [0.3, 0.4) is 0 Å². The number of nitrogens with zero attached hydrogens (tertiary/aromatic N) is 2. The maximum absolute atomic E-state index is 10.9. The topological polar surface area (TPSA) is 64.4 Å². The molecule has 0 fully saturated rings. The Bertz CT molecular complexity index is 665. The number of benzene rings is 1. The second-order valence-corrected chi connectivity index (χ2v) is 5.33. The van der Waals surface area contributed by atoms with Crippen LogP contribution in [0.5, 0.6) is 5.75 Å². The first-order chi connectivity index (χ1) is 9.40. The molecular formula is C14H15BrN2O3. The predicted octanol–water partition coefficient (Wildman–Crippen LogP) is 3.08. The summed E-state index contributed by atoms with van der Waals surface area (Å²) in [6.07, 6.45) is 0. The third-order valence-corrected chi connectivity index (χ3v) is 4.10. The molecule has 2 aromatic rings. The number of hydrogen-bond donors (Lipinski definition) is 1. The second-order valence-electron chi connectivity index (χ2n) is 4.54. The number of hydrogen-bond acceptors (Lipinski definition) is 3. The number of aryl methyl sites for hydroxylation is 3. The predicted molar refractivity (Wildman–Crippen MR) is 78.1 cm³/mol. The number of halogens is 1. The maximum Gasteiger partial charge on any atom is 0.335 e. The zero-order valence-corrected chi connectivity index (χ0v) is 13.1. The normalized spacial score (nSPS) is 10.6. The SMILES string of the molecule is Cc1cc(OCc2c(Br)c(C)nn2C)ccc1C(=O)O. The van der Waals surface area contributed by atoms with Gasteiger partial charge in [-0.15, -0.1) is 0 Å². The highest BCUT2D eigenvalue weighted by atomic mass is 79.9. The number of rotatable bonds is 4. The molecule has 5 nitrogen and oxygen atoms in total. The highest BCUT2D eigenvalue weighted by Crippen LogP contribution is 2.23. The van der Waals surface area contributed by atoms with Crippen LogP contribution in [0.25, 0.3) is 0 Å². The summed E-state index contributed by atoms with van der Waals surface area (Å²) in [5, 5.41) is 13.3. The number of aromatic nitrogens is 2. The lowest BCUT2D eigenvalue weighted by Gasteiger charge is -2.09. The van der Waals surface area contributed by atoms with Crippen molar-refractivity contribution in [3.8, 4) is 5.75 Å². The summed E-state index contributed by atoms with van der Waals surface area (Å²) in [6.45, 7) is 4.03. The van der Waals surface area contributed by atoms with Crippen LogP contribution in [0, 0.1) is 13.8 Å². The molecule has 1 heterocycles. The maximum atomic E-state index is 10.9. The number of ether oxygens (including phenoxy) is 1. The van der Waals surface area contributed by atoms with Crippen LogP contribution in [0.2, 0.25) is 0 Å². The van der Waals surface area contributed by atoms with Crippen LogP contribution < -0.4 is 4.74 Å². The summed E-state index contributed by atoms with van der Waals surface area (Å²) in [7, 11) is 1.86. The molecule has 0 spiro atoms. The van der Waals surface area contributed by atoms with Crippen molar-refractivity contribution in [2.24, 2.45) is 7.05 Å². The smallest absolute Gasteiger partial charge is 0.335 e. The number of carbonyl (C=O) groups is 1. The molecule has 0 aliphatic carbocycles. The number of carboxylic acids is 1. The largest absolute Gasteiger partial charge is 0.487 e. The molecule has 0 amide bonds. The third kappa shape index (κ3) is 2.85. The lowest BCUT2D eigenvalue weighted by molar-refractivity contribution is 0.0696. The Morgan fingerprint density at radius 3 is 2.65 bits per heavy atom. The van der Waals surface area contributed by atoms with E-state index in [-0.39, 0.29) is 5.56 Å². The Hall–Kier alpha value is -1.82. The van der Waals surface area contributed by atoms with Gasteiger partial charge in [0.15, 0.2) is 0 Å². The molecule has 106 valence electrons. The van der Waals surface area contributed by atoms with Crippen molar-refractivity contribution >= 4 is 21.9 Å². The van der Waals surface area contributed by atoms with E-state index in [2.05, 4.69) is 21.0 Å². The first-order valence-electron chi connectivity index (χ1n) is 6.05. The van der Waals surface area contributed by atoms with Gasteiger partial charge >= 0.3 is 5.97 Å². The fourth-order valence-corrected chi connectivity index (χ4v) is 2.40. The van der Waals surface area contributed by atoms with E-state index in [1.54, 1.807) is 29.8 Å². The summed E-state index contributed by atoms with van der Waals surface area (Å²) in [6, 6.07) is 4.94. The molecule has 0 bridgehead atoms. The summed E-state index contributed by atoms with van der Waals surface area (Å²) < 4.78 is 8.39. The van der Waals surface area contributed by atoms with E-state index in [1.807, 2.05) is 14.0 Å². The highest BCUT2D eigenvalue weighted by molar-refractivity contribution is 9.10. The highest BCUT2D eigenvalue weighted by Gasteiger charge is 2.12. The molecule has 0 atom stereocenters. The number of aromatic carboxylic acids is 1. The van der Waals surface area contributed by atoms with Crippen LogP contribution in [0.4, 0.5) is 0 Å². The van der Waals surface area contributed by atoms with Gasteiger partial charge in [0.1, 0.15) is 12.4 Å². The Labute approximate surface area is 125 Å². The van der Waals surface area contributed by atoms with Gasteiger partial charge in [0.25, 0.3) is 0 Å². The molecule has 1 N–H and O–H groups in total. The summed E-state index contributed by atoms with van der Waals surface area (Å²) in [5.41, 5.74) is 2.80. The van der Waals surface area contributed by atoms with Crippen molar-refractivity contribution < 1.29 is 14.6 Å². The van der Waals surface area contributed by atoms with Crippen LogP contribution in [-0.2, 0) is 13.7 Å².